The van der Waals surface area contributed by atoms with Crippen molar-refractivity contribution in [2.24, 2.45) is 0 Å². The van der Waals surface area contributed by atoms with E-state index in [0.29, 0.717) is 10.0 Å². The van der Waals surface area contributed by atoms with Gasteiger partial charge in [-0.2, -0.15) is 0 Å². The molecule has 1 unspecified atom stereocenters. The predicted molar refractivity (Wildman–Crippen MR) is 66.5 cm³/mol. The molecule has 0 saturated carbocycles. The van der Waals surface area contributed by atoms with Gasteiger partial charge < -0.3 is 9.84 Å². The van der Waals surface area contributed by atoms with Crippen molar-refractivity contribution in [3.8, 4) is 0 Å². The van der Waals surface area contributed by atoms with Crippen LogP contribution >= 0.6 is 22.9 Å². The molecule has 0 radical (unpaired) electrons. The van der Waals surface area contributed by atoms with Crippen molar-refractivity contribution >= 4 is 28.8 Å². The molecule has 0 aliphatic heterocycles. The second kappa shape index (κ2) is 4.89. The number of rotatable bonds is 3. The third kappa shape index (κ3) is 2.87. The molecule has 90 valence electrons. The summed E-state index contributed by atoms with van der Waals surface area (Å²) in [5.41, 5.74) is 0.682. The van der Waals surface area contributed by atoms with Crippen molar-refractivity contribution in [3.05, 3.63) is 38.9 Å². The Hall–Kier alpha value is -1.33. The van der Waals surface area contributed by atoms with Crippen molar-refractivity contribution < 1.29 is 9.32 Å². The van der Waals surface area contributed by atoms with Gasteiger partial charge in [0.2, 0.25) is 5.76 Å². The van der Waals surface area contributed by atoms with Gasteiger partial charge in [0.1, 0.15) is 0 Å². The highest BCUT2D eigenvalue weighted by molar-refractivity contribution is 7.16. The van der Waals surface area contributed by atoms with Crippen LogP contribution in [0.4, 0.5) is 0 Å². The topological polar surface area (TPSA) is 55.1 Å². The fourth-order valence-electron chi connectivity index (χ4n) is 1.37. The van der Waals surface area contributed by atoms with Gasteiger partial charge in [-0.1, -0.05) is 16.8 Å². The van der Waals surface area contributed by atoms with Crippen LogP contribution in [0.2, 0.25) is 4.34 Å². The molecule has 17 heavy (non-hydrogen) atoms. The summed E-state index contributed by atoms with van der Waals surface area (Å²) in [5, 5.41) is 6.49. The van der Waals surface area contributed by atoms with E-state index in [2.05, 4.69) is 10.5 Å². The Morgan fingerprint density at radius 2 is 2.35 bits per heavy atom. The lowest BCUT2D eigenvalue weighted by atomic mass is 10.2. The number of hydrogen-bond acceptors (Lipinski definition) is 4. The first-order valence-corrected chi connectivity index (χ1v) is 6.25. The molecule has 1 atom stereocenters. The van der Waals surface area contributed by atoms with E-state index < -0.39 is 0 Å². The molecule has 2 heterocycles. The first-order valence-electron chi connectivity index (χ1n) is 5.05. The maximum absolute atomic E-state index is 11.8. The van der Waals surface area contributed by atoms with Crippen LogP contribution in [0, 0.1) is 6.92 Å². The first-order chi connectivity index (χ1) is 8.06. The van der Waals surface area contributed by atoms with Gasteiger partial charge in [0.05, 0.1) is 16.1 Å². The zero-order valence-electron chi connectivity index (χ0n) is 9.36. The standard InChI is InChI=1S/C11H11ClN2O2S/c1-6-5-8(16-14-6)11(15)13-7(2)9-3-4-10(12)17-9/h3-5,7H,1-2H3,(H,13,15). The molecule has 2 aromatic rings. The lowest BCUT2D eigenvalue weighted by Gasteiger charge is -2.09. The van der Waals surface area contributed by atoms with Gasteiger partial charge in [0, 0.05) is 10.9 Å². The average molecular weight is 271 g/mol. The Labute approximate surface area is 108 Å². The fraction of sp³-hybridized carbons (Fsp3) is 0.273. The molecule has 0 bridgehead atoms. The maximum Gasteiger partial charge on any atom is 0.290 e. The van der Waals surface area contributed by atoms with E-state index in [1.54, 1.807) is 13.0 Å². The highest BCUT2D eigenvalue weighted by Crippen LogP contribution is 2.26. The van der Waals surface area contributed by atoms with Crippen LogP contribution < -0.4 is 5.32 Å². The van der Waals surface area contributed by atoms with Crippen LogP contribution in [0.1, 0.15) is 34.1 Å². The van der Waals surface area contributed by atoms with E-state index in [4.69, 9.17) is 16.1 Å². The van der Waals surface area contributed by atoms with Crippen molar-refractivity contribution in [3.63, 3.8) is 0 Å². The molecule has 2 rings (SSSR count). The minimum atomic E-state index is -0.275. The number of carbonyl (C=O) groups excluding carboxylic acids is 1. The van der Waals surface area contributed by atoms with Crippen LogP contribution in [0.25, 0.3) is 0 Å². The van der Waals surface area contributed by atoms with Gasteiger partial charge >= 0.3 is 0 Å². The number of aromatic nitrogens is 1. The fourth-order valence-corrected chi connectivity index (χ4v) is 2.43. The zero-order chi connectivity index (χ0) is 12.4. The van der Waals surface area contributed by atoms with Crippen molar-refractivity contribution in [1.82, 2.24) is 10.5 Å². The van der Waals surface area contributed by atoms with E-state index in [-0.39, 0.29) is 17.7 Å². The van der Waals surface area contributed by atoms with Crippen molar-refractivity contribution in [2.45, 2.75) is 19.9 Å². The van der Waals surface area contributed by atoms with Crippen LogP contribution in [0.5, 0.6) is 0 Å². The van der Waals surface area contributed by atoms with Crippen LogP contribution in [0.3, 0.4) is 0 Å². The number of aryl methyl sites for hydroxylation is 1. The van der Waals surface area contributed by atoms with E-state index in [1.807, 2.05) is 19.1 Å². The Morgan fingerprint density at radius 3 is 2.88 bits per heavy atom. The van der Waals surface area contributed by atoms with E-state index in [9.17, 15) is 4.79 Å². The van der Waals surface area contributed by atoms with E-state index in [0.717, 1.165) is 4.88 Å². The van der Waals surface area contributed by atoms with Gasteiger partial charge in [0.25, 0.3) is 5.91 Å². The molecule has 0 spiro atoms. The largest absolute Gasteiger partial charge is 0.351 e. The maximum atomic E-state index is 11.8. The van der Waals surface area contributed by atoms with Crippen LogP contribution in [-0.4, -0.2) is 11.1 Å². The Bertz CT molecular complexity index is 535. The summed E-state index contributed by atoms with van der Waals surface area (Å²) in [4.78, 5) is 12.8. The Kier molecular flexibility index (Phi) is 3.49. The zero-order valence-corrected chi connectivity index (χ0v) is 10.9. The van der Waals surface area contributed by atoms with Gasteiger partial charge in [-0.25, -0.2) is 0 Å². The molecule has 2 aromatic heterocycles. The molecular weight excluding hydrogens is 260 g/mol. The number of thiophene rings is 1. The normalized spacial score (nSPS) is 12.4. The van der Waals surface area contributed by atoms with Gasteiger partial charge in [-0.3, -0.25) is 4.79 Å². The number of halogens is 1. The number of hydrogen-bond donors (Lipinski definition) is 1. The first kappa shape index (κ1) is 12.1. The van der Waals surface area contributed by atoms with Crippen molar-refractivity contribution in [1.29, 1.82) is 0 Å². The quantitative estimate of drug-likeness (QED) is 0.932. The molecule has 0 aromatic carbocycles. The molecule has 0 aliphatic carbocycles. The van der Waals surface area contributed by atoms with Gasteiger partial charge in [0.15, 0.2) is 0 Å². The SMILES string of the molecule is Cc1cc(C(=O)NC(C)c2ccc(Cl)s2)on1. The average Bonchev–Trinajstić information content (AvgIpc) is 2.87. The second-order valence-corrected chi connectivity index (χ2v) is 5.42. The lowest BCUT2D eigenvalue weighted by Crippen LogP contribution is -2.25. The number of carbonyl (C=O) groups is 1. The summed E-state index contributed by atoms with van der Waals surface area (Å²) < 4.78 is 5.59. The van der Waals surface area contributed by atoms with E-state index in [1.165, 1.54) is 11.3 Å². The van der Waals surface area contributed by atoms with Crippen LogP contribution in [-0.2, 0) is 0 Å². The van der Waals surface area contributed by atoms with Crippen LogP contribution in [0.15, 0.2) is 22.7 Å². The minimum absolute atomic E-state index is 0.106. The van der Waals surface area contributed by atoms with Crippen molar-refractivity contribution in [2.75, 3.05) is 0 Å². The highest BCUT2D eigenvalue weighted by Gasteiger charge is 2.16. The highest BCUT2D eigenvalue weighted by atomic mass is 35.5. The van der Waals surface area contributed by atoms with Gasteiger partial charge in [-0.15, -0.1) is 11.3 Å². The molecule has 1 N–H and O–H groups in total. The molecular formula is C11H11ClN2O2S. The molecule has 0 aliphatic rings. The summed E-state index contributed by atoms with van der Waals surface area (Å²) in [6.45, 7) is 3.66. The smallest absolute Gasteiger partial charge is 0.290 e. The number of amides is 1. The molecule has 1 amide bonds. The van der Waals surface area contributed by atoms with E-state index >= 15 is 0 Å². The summed E-state index contributed by atoms with van der Waals surface area (Å²) in [7, 11) is 0. The molecule has 0 fully saturated rings. The number of nitrogens with one attached hydrogen (secondary N) is 1. The third-order valence-electron chi connectivity index (χ3n) is 2.22. The Balaban J connectivity index is 2.04. The summed E-state index contributed by atoms with van der Waals surface area (Å²) in [6, 6.07) is 5.20. The summed E-state index contributed by atoms with van der Waals surface area (Å²) >= 11 is 7.28. The summed E-state index contributed by atoms with van der Waals surface area (Å²) in [6.07, 6.45) is 0. The lowest BCUT2D eigenvalue weighted by molar-refractivity contribution is 0.0903. The monoisotopic (exact) mass is 270 g/mol. The predicted octanol–water partition coefficient (Wildman–Crippen LogP) is 3.19. The molecule has 6 heteroatoms. The minimum Gasteiger partial charge on any atom is -0.351 e. The Morgan fingerprint density at radius 1 is 1.59 bits per heavy atom. The number of nitrogens with zero attached hydrogens (tertiary/aromatic N) is 1. The summed E-state index contributed by atoms with van der Waals surface area (Å²) in [5.74, 6) is -0.0559. The molecule has 4 nitrogen and oxygen atoms in total. The molecule has 0 saturated heterocycles. The third-order valence-corrected chi connectivity index (χ3v) is 3.63. The second-order valence-electron chi connectivity index (χ2n) is 3.67. The van der Waals surface area contributed by atoms with Gasteiger partial charge in [-0.05, 0) is 26.0 Å².